The summed E-state index contributed by atoms with van der Waals surface area (Å²) in [5.74, 6) is 0.630. The van der Waals surface area contributed by atoms with Gasteiger partial charge in [0.15, 0.2) is 11.5 Å². The topological polar surface area (TPSA) is 162 Å². The van der Waals surface area contributed by atoms with Gasteiger partial charge in [0.05, 0.1) is 6.20 Å². The Balaban J connectivity index is 1.32. The van der Waals surface area contributed by atoms with Gasteiger partial charge in [-0.3, -0.25) is 0 Å². The molecule has 14 nitrogen and oxygen atoms in total. The van der Waals surface area contributed by atoms with E-state index in [-0.39, 0.29) is 16.1 Å². The van der Waals surface area contributed by atoms with Crippen molar-refractivity contribution >= 4 is 45.4 Å². The summed E-state index contributed by atoms with van der Waals surface area (Å²) < 4.78 is 0. The molecule has 0 saturated carbocycles. The van der Waals surface area contributed by atoms with Crippen LogP contribution in [0.2, 0.25) is 0 Å². The van der Waals surface area contributed by atoms with E-state index in [9.17, 15) is 15.6 Å². The first-order chi connectivity index (χ1) is 14.6. The number of quaternary nitrogens is 2. The second-order valence-electron chi connectivity index (χ2n) is 6.68. The lowest BCUT2D eigenvalue weighted by molar-refractivity contribution is -0.809. The average Bonchev–Trinajstić information content (AvgIpc) is 3.42. The van der Waals surface area contributed by atoms with Crippen LogP contribution in [-0.4, -0.2) is 30.3 Å². The van der Waals surface area contributed by atoms with Gasteiger partial charge in [0.2, 0.25) is 11.5 Å². The van der Waals surface area contributed by atoms with Crippen LogP contribution in [0.4, 0.5) is 34.4 Å². The molecule has 2 aliphatic rings. The molecular weight excluding hydrogens is 394 g/mol. The highest BCUT2D eigenvalue weighted by Crippen LogP contribution is 2.29. The van der Waals surface area contributed by atoms with Gasteiger partial charge >= 0.3 is 0 Å². The van der Waals surface area contributed by atoms with Crippen LogP contribution in [0.5, 0.6) is 0 Å². The Morgan fingerprint density at radius 3 is 2.70 bits per heavy atom. The number of pyridine rings is 2. The largest absolute Gasteiger partial charge is 0.709 e. The highest BCUT2D eigenvalue weighted by atomic mass is 16.6. The van der Waals surface area contributed by atoms with Crippen LogP contribution in [0.25, 0.3) is 11.0 Å². The molecule has 2 aliphatic heterocycles. The molecule has 150 valence electrons. The molecule has 0 radical (unpaired) electrons. The van der Waals surface area contributed by atoms with Crippen LogP contribution in [0.15, 0.2) is 48.8 Å². The molecule has 2 atom stereocenters. The van der Waals surface area contributed by atoms with Gasteiger partial charge in [-0.1, -0.05) is 4.85 Å². The molecule has 4 aromatic rings. The van der Waals surface area contributed by atoms with Crippen molar-refractivity contribution in [2.75, 3.05) is 21.2 Å². The second kappa shape index (κ2) is 5.88. The molecule has 0 aliphatic carbocycles. The summed E-state index contributed by atoms with van der Waals surface area (Å²) in [5.41, 5.74) is 8.78. The maximum absolute atomic E-state index is 12.8. The Kier molecular flexibility index (Phi) is 3.27. The van der Waals surface area contributed by atoms with Crippen LogP contribution in [0.1, 0.15) is 0 Å². The summed E-state index contributed by atoms with van der Waals surface area (Å²) >= 11 is 0. The lowest BCUT2D eigenvalue weighted by Gasteiger charge is -2.28. The number of aromatic nitrogens is 5. The molecular formula is C16H13N11O3. The van der Waals surface area contributed by atoms with Crippen molar-refractivity contribution in [1.29, 1.82) is 0 Å². The average molecular weight is 407 g/mol. The summed E-state index contributed by atoms with van der Waals surface area (Å²) in [7, 11) is 0. The van der Waals surface area contributed by atoms with Crippen molar-refractivity contribution in [2.45, 2.75) is 0 Å². The molecule has 0 saturated heterocycles. The highest BCUT2D eigenvalue weighted by Gasteiger charge is 2.33. The van der Waals surface area contributed by atoms with Gasteiger partial charge in [-0.2, -0.15) is 5.43 Å². The second-order valence-corrected chi connectivity index (χ2v) is 6.68. The molecule has 0 amide bonds. The quantitative estimate of drug-likeness (QED) is 0.259. The van der Waals surface area contributed by atoms with Gasteiger partial charge in [0.25, 0.3) is 0 Å². The van der Waals surface area contributed by atoms with Crippen molar-refractivity contribution in [3.63, 3.8) is 0 Å². The third-order valence-corrected chi connectivity index (χ3v) is 4.94. The summed E-state index contributed by atoms with van der Waals surface area (Å²) in [4.78, 5) is 9.04. The minimum atomic E-state index is 0.173. The zero-order valence-corrected chi connectivity index (χ0v) is 15.0. The Morgan fingerprint density at radius 1 is 0.967 bits per heavy atom. The van der Waals surface area contributed by atoms with Crippen molar-refractivity contribution in [2.24, 2.45) is 0 Å². The minimum absolute atomic E-state index is 0.173. The van der Waals surface area contributed by atoms with Crippen LogP contribution >= 0.6 is 0 Å². The Labute approximate surface area is 167 Å². The van der Waals surface area contributed by atoms with E-state index < -0.39 is 0 Å². The number of rotatable bonds is 2. The van der Waals surface area contributed by atoms with E-state index in [1.165, 1.54) is 6.20 Å². The molecule has 30 heavy (non-hydrogen) atoms. The molecule has 6 rings (SSSR count). The molecule has 2 unspecified atom stereocenters. The monoisotopic (exact) mass is 407 g/mol. The van der Waals surface area contributed by atoms with Crippen molar-refractivity contribution in [1.82, 2.24) is 25.1 Å². The van der Waals surface area contributed by atoms with Crippen LogP contribution in [-0.2, 0) is 0 Å². The van der Waals surface area contributed by atoms with Crippen LogP contribution in [0.3, 0.4) is 0 Å². The van der Waals surface area contributed by atoms with E-state index in [4.69, 9.17) is 0 Å². The van der Waals surface area contributed by atoms with Crippen molar-refractivity contribution in [3.8, 4) is 0 Å². The lowest BCUT2D eigenvalue weighted by Crippen LogP contribution is -3.15. The summed E-state index contributed by atoms with van der Waals surface area (Å²) in [6, 6.07) is 9.91. The van der Waals surface area contributed by atoms with Crippen molar-refractivity contribution < 1.29 is 15.4 Å². The third-order valence-electron chi connectivity index (χ3n) is 4.94. The molecule has 3 aromatic heterocycles. The maximum atomic E-state index is 12.8. The first kappa shape index (κ1) is 16.7. The predicted octanol–water partition coefficient (Wildman–Crippen LogP) is -0.989. The molecule has 14 heteroatoms. The fourth-order valence-corrected chi connectivity index (χ4v) is 3.50. The summed E-state index contributed by atoms with van der Waals surface area (Å²) in [5, 5.41) is 44.3. The van der Waals surface area contributed by atoms with Gasteiger partial charge in [-0.25, -0.2) is 25.7 Å². The number of hydrogen-bond acceptors (Lipinski definition) is 11. The lowest BCUT2D eigenvalue weighted by atomic mass is 10.3. The summed E-state index contributed by atoms with van der Waals surface area (Å²) in [6.07, 6.45) is 3.04. The maximum Gasteiger partial charge on any atom is 0.204 e. The Bertz CT molecular complexity index is 1290. The summed E-state index contributed by atoms with van der Waals surface area (Å²) in [6.45, 7) is 0. The first-order valence-electron chi connectivity index (χ1n) is 8.83. The van der Waals surface area contributed by atoms with Crippen molar-refractivity contribution in [3.05, 3.63) is 59.2 Å². The van der Waals surface area contributed by atoms with Gasteiger partial charge in [0.1, 0.15) is 22.4 Å². The standard InChI is InChI=1S/C16H11N11O3/c28-25-13-4-3-9(6-11(13)19-22-25)23-20-12-7-10(8-18-16(12)27(23)30)24-21-15-14(26(24)29)2-1-5-17-15/h1-8,20,28H,(H,17,21)/q-2/p+2. The fourth-order valence-electron chi connectivity index (χ4n) is 3.50. The van der Waals surface area contributed by atoms with Gasteiger partial charge in [-0.05, 0) is 23.4 Å². The SMILES string of the molecule is [O-]N1c2cccnc2N[NH+]1c1cnc2c(c1)N[NH+](c1ccc3c(c1)nnn3O)N2[O-]. The van der Waals surface area contributed by atoms with E-state index in [0.29, 0.717) is 49.6 Å². The van der Waals surface area contributed by atoms with E-state index in [2.05, 4.69) is 31.1 Å². The molecule has 1 aromatic carbocycles. The number of nitrogens with one attached hydrogen (secondary N) is 4. The molecule has 0 bridgehead atoms. The molecule has 5 N–H and O–H groups in total. The predicted molar refractivity (Wildman–Crippen MR) is 103 cm³/mol. The zero-order chi connectivity index (χ0) is 20.4. The number of benzene rings is 1. The Hall–Kier alpha value is -4.24. The third kappa shape index (κ3) is 2.26. The van der Waals surface area contributed by atoms with Gasteiger partial charge < -0.3 is 15.6 Å². The van der Waals surface area contributed by atoms with Gasteiger partial charge in [-0.15, -0.1) is 15.3 Å². The fraction of sp³-hybridized carbons (Fsp3) is 0. The Morgan fingerprint density at radius 2 is 1.83 bits per heavy atom. The first-order valence-corrected chi connectivity index (χ1v) is 8.83. The van der Waals surface area contributed by atoms with E-state index in [1.807, 2.05) is 0 Å². The molecule has 5 heterocycles. The minimum Gasteiger partial charge on any atom is -0.709 e. The van der Waals surface area contributed by atoms with Crippen LogP contribution in [0, 0.1) is 10.4 Å². The zero-order valence-electron chi connectivity index (χ0n) is 15.0. The number of fused-ring (bicyclic) bond motifs is 3. The van der Waals surface area contributed by atoms with E-state index in [1.54, 1.807) is 42.6 Å². The number of nitrogens with zero attached hydrogens (tertiary/aromatic N) is 7. The molecule has 0 spiro atoms. The van der Waals surface area contributed by atoms with E-state index in [0.717, 1.165) is 5.17 Å². The normalized spacial score (nSPS) is 19.5. The van der Waals surface area contributed by atoms with E-state index >= 15 is 0 Å². The number of hydrogen-bond donors (Lipinski definition) is 5. The van der Waals surface area contributed by atoms with Crippen LogP contribution < -0.4 is 31.4 Å². The van der Waals surface area contributed by atoms with Gasteiger partial charge in [0, 0.05) is 24.4 Å². The molecule has 0 fully saturated rings. The highest BCUT2D eigenvalue weighted by molar-refractivity contribution is 5.77. The number of anilines is 4. The smallest absolute Gasteiger partial charge is 0.204 e.